The number of carbonyl (C=O) groups excluding carboxylic acids is 3. The Labute approximate surface area is 185 Å². The van der Waals surface area contributed by atoms with E-state index in [1.165, 1.54) is 4.90 Å². The van der Waals surface area contributed by atoms with E-state index >= 15 is 0 Å². The predicted octanol–water partition coefficient (Wildman–Crippen LogP) is 2.30. The molecule has 7 heteroatoms. The predicted molar refractivity (Wildman–Crippen MR) is 117 cm³/mol. The summed E-state index contributed by atoms with van der Waals surface area (Å²) in [5.74, 6) is -1.84. The molecule has 3 N–H and O–H groups in total. The van der Waals surface area contributed by atoms with Crippen LogP contribution in [0.15, 0.2) is 48.5 Å². The highest BCUT2D eigenvalue weighted by Crippen LogP contribution is 2.54. The monoisotopic (exact) mass is 431 g/mol. The van der Waals surface area contributed by atoms with E-state index in [9.17, 15) is 19.5 Å². The minimum absolute atomic E-state index is 0.0633. The topological polar surface area (TPSA) is 98.7 Å². The first-order valence-corrected chi connectivity index (χ1v) is 11.3. The highest BCUT2D eigenvalue weighted by molar-refractivity contribution is 6.15. The van der Waals surface area contributed by atoms with Crippen LogP contribution in [0.5, 0.6) is 5.75 Å². The minimum atomic E-state index is -1.25. The lowest BCUT2D eigenvalue weighted by atomic mass is 9.76. The van der Waals surface area contributed by atoms with E-state index in [2.05, 4.69) is 10.6 Å². The summed E-state index contributed by atoms with van der Waals surface area (Å²) in [5.41, 5.74) is 1.11. The molecule has 3 heterocycles. The normalized spacial score (nSPS) is 31.4. The van der Waals surface area contributed by atoms with Gasteiger partial charge in [-0.3, -0.25) is 24.6 Å². The number of phenols is 1. The zero-order chi connectivity index (χ0) is 22.0. The highest BCUT2D eigenvalue weighted by atomic mass is 16.3. The van der Waals surface area contributed by atoms with Gasteiger partial charge in [-0.1, -0.05) is 43.2 Å². The molecular weight excluding hydrogens is 406 g/mol. The van der Waals surface area contributed by atoms with Crippen molar-refractivity contribution in [1.29, 1.82) is 0 Å². The summed E-state index contributed by atoms with van der Waals surface area (Å²) < 4.78 is 0. The summed E-state index contributed by atoms with van der Waals surface area (Å²) in [6, 6.07) is 13.8. The number of amides is 3. The van der Waals surface area contributed by atoms with Crippen LogP contribution in [-0.4, -0.2) is 39.8 Å². The van der Waals surface area contributed by atoms with Crippen molar-refractivity contribution in [3.8, 4) is 5.75 Å². The molecule has 32 heavy (non-hydrogen) atoms. The number of likely N-dealkylation sites (tertiary alicyclic amines) is 1. The summed E-state index contributed by atoms with van der Waals surface area (Å²) in [4.78, 5) is 42.4. The van der Waals surface area contributed by atoms with Crippen molar-refractivity contribution in [1.82, 2.24) is 10.2 Å². The first-order chi connectivity index (χ1) is 15.5. The third-order valence-electron chi connectivity index (χ3n) is 7.74. The molecule has 1 saturated carbocycles. The molecule has 0 radical (unpaired) electrons. The van der Waals surface area contributed by atoms with Crippen LogP contribution in [-0.2, 0) is 26.3 Å². The Morgan fingerprint density at radius 2 is 1.69 bits per heavy atom. The molecule has 1 aliphatic carbocycles. The summed E-state index contributed by atoms with van der Waals surface area (Å²) in [7, 11) is 0. The number of fused-ring (bicyclic) bond motifs is 4. The molecule has 2 aromatic rings. The van der Waals surface area contributed by atoms with E-state index in [0.29, 0.717) is 12.1 Å². The number of carbonyl (C=O) groups is 3. The van der Waals surface area contributed by atoms with Crippen LogP contribution in [0.2, 0.25) is 0 Å². The van der Waals surface area contributed by atoms with Gasteiger partial charge in [-0.05, 0) is 43.0 Å². The number of aromatic hydroxyl groups is 1. The van der Waals surface area contributed by atoms with Gasteiger partial charge in [-0.15, -0.1) is 0 Å². The second-order valence-corrected chi connectivity index (χ2v) is 9.42. The van der Waals surface area contributed by atoms with Gasteiger partial charge in [0.15, 0.2) is 0 Å². The molecule has 3 amide bonds. The van der Waals surface area contributed by atoms with Crippen LogP contribution in [0, 0.1) is 11.8 Å². The number of anilines is 1. The Balaban J connectivity index is 1.46. The standard InChI is InChI=1S/C25H25N3O4/c29-16-11-9-14(10-12-16)13-19-20-21(23(31)28(22(20)30)15-5-1-2-6-15)25(27-19)17-7-3-4-8-18(17)26-24(25)32/h3-4,7-12,15,19-21,27,29H,1-2,5-6,13H2,(H,26,32)/t19-,20+,21-,25+/m0/s1. The van der Waals surface area contributed by atoms with E-state index in [1.54, 1.807) is 12.1 Å². The molecule has 7 nitrogen and oxygen atoms in total. The lowest BCUT2D eigenvalue weighted by molar-refractivity contribution is -0.145. The summed E-state index contributed by atoms with van der Waals surface area (Å²) in [5, 5.41) is 16.0. The maximum atomic E-state index is 13.8. The van der Waals surface area contributed by atoms with Crippen molar-refractivity contribution in [2.75, 3.05) is 5.32 Å². The largest absolute Gasteiger partial charge is 0.508 e. The van der Waals surface area contributed by atoms with Gasteiger partial charge in [-0.25, -0.2) is 0 Å². The third-order valence-corrected chi connectivity index (χ3v) is 7.74. The van der Waals surface area contributed by atoms with Crippen molar-refractivity contribution in [2.24, 2.45) is 11.8 Å². The van der Waals surface area contributed by atoms with Gasteiger partial charge in [0.1, 0.15) is 11.3 Å². The maximum Gasteiger partial charge on any atom is 0.250 e. The van der Waals surface area contributed by atoms with Crippen molar-refractivity contribution in [2.45, 2.75) is 49.7 Å². The molecule has 2 saturated heterocycles. The molecule has 4 atom stereocenters. The SMILES string of the molecule is O=C1[C@@H]2[C@H](Cc3ccc(O)cc3)N[C@@]3(C(=O)Nc4ccccc43)[C@@H]2C(=O)N1C1CCCC1. The average Bonchev–Trinajstić information content (AvgIpc) is 3.52. The van der Waals surface area contributed by atoms with Gasteiger partial charge in [-0.2, -0.15) is 0 Å². The Kier molecular flexibility index (Phi) is 4.21. The fourth-order valence-corrected chi connectivity index (χ4v) is 6.36. The molecule has 0 aromatic heterocycles. The number of hydrogen-bond acceptors (Lipinski definition) is 5. The number of hydrogen-bond donors (Lipinski definition) is 3. The van der Waals surface area contributed by atoms with E-state index in [-0.39, 0.29) is 35.6 Å². The zero-order valence-corrected chi connectivity index (χ0v) is 17.6. The van der Waals surface area contributed by atoms with Gasteiger partial charge in [0.25, 0.3) is 0 Å². The fourth-order valence-electron chi connectivity index (χ4n) is 6.36. The van der Waals surface area contributed by atoms with Crippen LogP contribution >= 0.6 is 0 Å². The number of nitrogens with zero attached hydrogens (tertiary/aromatic N) is 1. The van der Waals surface area contributed by atoms with E-state index in [4.69, 9.17) is 0 Å². The van der Waals surface area contributed by atoms with Gasteiger partial charge in [0.05, 0.1) is 11.8 Å². The Morgan fingerprint density at radius 1 is 0.969 bits per heavy atom. The highest BCUT2D eigenvalue weighted by Gasteiger charge is 2.70. The zero-order valence-electron chi connectivity index (χ0n) is 17.6. The molecule has 2 aromatic carbocycles. The van der Waals surface area contributed by atoms with Crippen LogP contribution in [0.25, 0.3) is 0 Å². The number of imide groups is 1. The quantitative estimate of drug-likeness (QED) is 0.648. The van der Waals surface area contributed by atoms with Crippen LogP contribution < -0.4 is 10.6 Å². The third kappa shape index (κ3) is 2.54. The first kappa shape index (κ1) is 19.5. The van der Waals surface area contributed by atoms with Gasteiger partial charge in [0, 0.05) is 23.3 Å². The maximum absolute atomic E-state index is 13.8. The minimum Gasteiger partial charge on any atom is -0.508 e. The lowest BCUT2D eigenvalue weighted by Gasteiger charge is -2.31. The molecule has 164 valence electrons. The van der Waals surface area contributed by atoms with Gasteiger partial charge < -0.3 is 10.4 Å². The number of benzene rings is 2. The molecule has 6 rings (SSSR count). The number of nitrogens with one attached hydrogen (secondary N) is 2. The lowest BCUT2D eigenvalue weighted by Crippen LogP contribution is -2.54. The van der Waals surface area contributed by atoms with E-state index in [0.717, 1.165) is 36.8 Å². The van der Waals surface area contributed by atoms with Crippen LogP contribution in [0.1, 0.15) is 36.8 Å². The smallest absolute Gasteiger partial charge is 0.250 e. The van der Waals surface area contributed by atoms with Crippen LogP contribution in [0.3, 0.4) is 0 Å². The number of para-hydroxylation sites is 1. The van der Waals surface area contributed by atoms with E-state index in [1.807, 2.05) is 36.4 Å². The van der Waals surface area contributed by atoms with Gasteiger partial charge in [0.2, 0.25) is 17.7 Å². The van der Waals surface area contributed by atoms with E-state index < -0.39 is 17.4 Å². The summed E-state index contributed by atoms with van der Waals surface area (Å²) >= 11 is 0. The Morgan fingerprint density at radius 3 is 2.44 bits per heavy atom. The van der Waals surface area contributed by atoms with Gasteiger partial charge >= 0.3 is 0 Å². The van der Waals surface area contributed by atoms with Crippen LogP contribution in [0.4, 0.5) is 5.69 Å². The second-order valence-electron chi connectivity index (χ2n) is 9.42. The molecule has 3 fully saturated rings. The molecule has 3 aliphatic heterocycles. The average molecular weight is 431 g/mol. The second kappa shape index (κ2) is 6.90. The Bertz CT molecular complexity index is 1120. The Hall–Kier alpha value is -3.19. The molecule has 0 unspecified atom stereocenters. The summed E-state index contributed by atoms with van der Waals surface area (Å²) in [6.45, 7) is 0. The molecule has 4 aliphatic rings. The van der Waals surface area contributed by atoms with Crippen molar-refractivity contribution < 1.29 is 19.5 Å². The van der Waals surface area contributed by atoms with Crippen molar-refractivity contribution in [3.05, 3.63) is 59.7 Å². The summed E-state index contributed by atoms with van der Waals surface area (Å²) in [6.07, 6.45) is 4.18. The number of rotatable bonds is 3. The molecular formula is C25H25N3O4. The number of phenolic OH excluding ortho intramolecular Hbond substituents is 1. The molecule has 0 bridgehead atoms. The van der Waals surface area contributed by atoms with Crippen molar-refractivity contribution in [3.63, 3.8) is 0 Å². The first-order valence-electron chi connectivity index (χ1n) is 11.3. The molecule has 1 spiro atoms. The van der Waals surface area contributed by atoms with Crippen molar-refractivity contribution >= 4 is 23.4 Å². The fraction of sp³-hybridized carbons (Fsp3) is 0.400.